The van der Waals surface area contributed by atoms with Crippen LogP contribution < -0.4 is 0 Å². The Morgan fingerprint density at radius 3 is 2.85 bits per heavy atom. The molecule has 1 aromatic heterocycles. The second kappa shape index (κ2) is 5.45. The summed E-state index contributed by atoms with van der Waals surface area (Å²) in [6.07, 6.45) is 0. The molecule has 6 heteroatoms. The summed E-state index contributed by atoms with van der Waals surface area (Å²) in [5.41, 5.74) is 1.13. The minimum Gasteiger partial charge on any atom is -0.461 e. The average molecular weight is 271 g/mol. The molecule has 2 aromatic rings. The van der Waals surface area contributed by atoms with Crippen molar-refractivity contribution in [1.29, 1.82) is 5.26 Å². The van der Waals surface area contributed by atoms with E-state index in [2.05, 4.69) is 4.98 Å². The molecule has 0 unspecified atom stereocenters. The third-order valence-electron chi connectivity index (χ3n) is 2.79. The maximum Gasteiger partial charge on any atom is 0.360 e. The molecule has 0 atom stereocenters. The molecule has 0 radical (unpaired) electrons. The Labute approximate surface area is 115 Å². The Kier molecular flexibility index (Phi) is 3.71. The van der Waals surface area contributed by atoms with Crippen LogP contribution in [-0.2, 0) is 4.74 Å². The lowest BCUT2D eigenvalue weighted by Crippen LogP contribution is -2.12. The number of imidazole rings is 1. The van der Waals surface area contributed by atoms with Gasteiger partial charge in [-0.3, -0.25) is 0 Å². The lowest BCUT2D eigenvalue weighted by atomic mass is 10.1. The molecule has 0 amide bonds. The van der Waals surface area contributed by atoms with E-state index in [0.717, 1.165) is 0 Å². The first-order chi connectivity index (χ1) is 9.60. The topological polar surface area (TPSA) is 88.1 Å². The SMILES string of the molecule is CCOC(=O)c1c(C)nc(-c2ccccc2C#N)n1O. The zero-order chi connectivity index (χ0) is 14.7. The van der Waals surface area contributed by atoms with Gasteiger partial charge in [0.05, 0.1) is 23.9 Å². The monoisotopic (exact) mass is 271 g/mol. The zero-order valence-corrected chi connectivity index (χ0v) is 11.1. The van der Waals surface area contributed by atoms with Crippen molar-refractivity contribution in [1.82, 2.24) is 9.71 Å². The molecule has 0 saturated carbocycles. The number of carbonyl (C=O) groups excluding carboxylic acids is 1. The van der Waals surface area contributed by atoms with Crippen LogP contribution in [0.4, 0.5) is 0 Å². The largest absolute Gasteiger partial charge is 0.461 e. The Morgan fingerprint density at radius 2 is 2.20 bits per heavy atom. The summed E-state index contributed by atoms with van der Waals surface area (Å²) in [6.45, 7) is 3.47. The number of nitriles is 1. The molecule has 1 heterocycles. The van der Waals surface area contributed by atoms with Crippen molar-refractivity contribution in [3.05, 3.63) is 41.2 Å². The number of hydrogen-bond donors (Lipinski definition) is 1. The molecule has 1 N–H and O–H groups in total. The first kappa shape index (κ1) is 13.6. The maximum atomic E-state index is 11.8. The van der Waals surface area contributed by atoms with Gasteiger partial charge in [0.15, 0.2) is 11.5 Å². The van der Waals surface area contributed by atoms with Crippen molar-refractivity contribution in [2.24, 2.45) is 0 Å². The van der Waals surface area contributed by atoms with Gasteiger partial charge in [-0.2, -0.15) is 9.99 Å². The van der Waals surface area contributed by atoms with E-state index >= 15 is 0 Å². The maximum absolute atomic E-state index is 11.8. The molecule has 102 valence electrons. The zero-order valence-electron chi connectivity index (χ0n) is 11.1. The van der Waals surface area contributed by atoms with Crippen molar-refractivity contribution in [3.8, 4) is 17.5 Å². The lowest BCUT2D eigenvalue weighted by molar-refractivity contribution is 0.0476. The van der Waals surface area contributed by atoms with Crippen LogP contribution in [0, 0.1) is 18.3 Å². The van der Waals surface area contributed by atoms with Gasteiger partial charge in [0.2, 0.25) is 0 Å². The predicted molar refractivity (Wildman–Crippen MR) is 70.3 cm³/mol. The molecule has 20 heavy (non-hydrogen) atoms. The number of ether oxygens (including phenoxy) is 1. The predicted octanol–water partition coefficient (Wildman–Crippen LogP) is 2.14. The van der Waals surface area contributed by atoms with E-state index in [1.165, 1.54) is 0 Å². The Hall–Kier alpha value is -2.81. The van der Waals surface area contributed by atoms with E-state index in [9.17, 15) is 10.0 Å². The fraction of sp³-hybridized carbons (Fsp3) is 0.214. The fourth-order valence-corrected chi connectivity index (χ4v) is 1.90. The van der Waals surface area contributed by atoms with Gasteiger partial charge < -0.3 is 9.94 Å². The van der Waals surface area contributed by atoms with Gasteiger partial charge in [-0.25, -0.2) is 9.78 Å². The minimum absolute atomic E-state index is 0.0328. The molecule has 6 nitrogen and oxygen atoms in total. The van der Waals surface area contributed by atoms with E-state index in [1.54, 1.807) is 38.1 Å². The molecule has 0 aliphatic heterocycles. The standard InChI is InChI=1S/C14H13N3O3/c1-3-20-14(18)12-9(2)16-13(17(12)19)11-7-5-4-6-10(11)8-15/h4-7,19H,3H2,1-2H3. The summed E-state index contributed by atoms with van der Waals surface area (Å²) in [5, 5.41) is 19.2. The normalized spacial score (nSPS) is 10.1. The molecule has 0 aliphatic carbocycles. The van der Waals surface area contributed by atoms with Crippen molar-refractivity contribution < 1.29 is 14.7 Å². The van der Waals surface area contributed by atoms with Crippen LogP contribution in [0.1, 0.15) is 28.7 Å². The number of hydrogen-bond acceptors (Lipinski definition) is 5. The fourth-order valence-electron chi connectivity index (χ4n) is 1.90. The molecule has 0 bridgehead atoms. The molecule has 0 aliphatic rings. The van der Waals surface area contributed by atoms with E-state index in [0.29, 0.717) is 21.6 Å². The van der Waals surface area contributed by atoms with Crippen LogP contribution in [0.25, 0.3) is 11.4 Å². The van der Waals surface area contributed by atoms with Crippen molar-refractivity contribution in [3.63, 3.8) is 0 Å². The molecule has 1 aromatic carbocycles. The summed E-state index contributed by atoms with van der Waals surface area (Å²) in [4.78, 5) is 15.9. The first-order valence-electron chi connectivity index (χ1n) is 6.05. The highest BCUT2D eigenvalue weighted by atomic mass is 16.5. The van der Waals surface area contributed by atoms with Gasteiger partial charge >= 0.3 is 5.97 Å². The number of esters is 1. The second-order valence-corrected chi connectivity index (χ2v) is 4.06. The lowest BCUT2D eigenvalue weighted by Gasteiger charge is -2.05. The third kappa shape index (κ3) is 2.21. The van der Waals surface area contributed by atoms with E-state index < -0.39 is 5.97 Å². The number of nitrogens with zero attached hydrogens (tertiary/aromatic N) is 3. The van der Waals surface area contributed by atoms with E-state index in [-0.39, 0.29) is 18.1 Å². The third-order valence-corrected chi connectivity index (χ3v) is 2.79. The summed E-state index contributed by atoms with van der Waals surface area (Å²) in [7, 11) is 0. The smallest absolute Gasteiger partial charge is 0.360 e. The van der Waals surface area contributed by atoms with Gasteiger partial charge in [-0.1, -0.05) is 12.1 Å². The number of rotatable bonds is 3. The van der Waals surface area contributed by atoms with Crippen LogP contribution >= 0.6 is 0 Å². The van der Waals surface area contributed by atoms with Crippen molar-refractivity contribution >= 4 is 5.97 Å². The van der Waals surface area contributed by atoms with Gasteiger partial charge in [-0.05, 0) is 26.0 Å². The number of aryl methyl sites for hydroxylation is 1. The van der Waals surface area contributed by atoms with Crippen LogP contribution in [0.3, 0.4) is 0 Å². The first-order valence-corrected chi connectivity index (χ1v) is 6.05. The van der Waals surface area contributed by atoms with Crippen molar-refractivity contribution in [2.45, 2.75) is 13.8 Å². The van der Waals surface area contributed by atoms with E-state index in [4.69, 9.17) is 10.00 Å². The van der Waals surface area contributed by atoms with Gasteiger partial charge in [0.25, 0.3) is 0 Å². The highest BCUT2D eigenvalue weighted by Crippen LogP contribution is 2.24. The molecular weight excluding hydrogens is 258 g/mol. The Morgan fingerprint density at radius 1 is 1.50 bits per heavy atom. The Balaban J connectivity index is 2.58. The average Bonchev–Trinajstić information content (AvgIpc) is 2.74. The molecular formula is C14H13N3O3. The van der Waals surface area contributed by atoms with Crippen molar-refractivity contribution in [2.75, 3.05) is 6.61 Å². The second-order valence-electron chi connectivity index (χ2n) is 4.06. The molecule has 0 spiro atoms. The van der Waals surface area contributed by atoms with Crippen LogP contribution in [0.2, 0.25) is 0 Å². The quantitative estimate of drug-likeness (QED) is 0.682. The number of benzene rings is 1. The minimum atomic E-state index is -0.652. The highest BCUT2D eigenvalue weighted by Gasteiger charge is 2.23. The van der Waals surface area contributed by atoms with Gasteiger partial charge in [0.1, 0.15) is 0 Å². The summed E-state index contributed by atoms with van der Waals surface area (Å²) in [6, 6.07) is 8.73. The summed E-state index contributed by atoms with van der Waals surface area (Å²) >= 11 is 0. The van der Waals surface area contributed by atoms with E-state index in [1.807, 2.05) is 6.07 Å². The van der Waals surface area contributed by atoms with Gasteiger partial charge in [0, 0.05) is 5.56 Å². The van der Waals surface area contributed by atoms with Crippen LogP contribution in [0.15, 0.2) is 24.3 Å². The van der Waals surface area contributed by atoms with Crippen LogP contribution in [-0.4, -0.2) is 27.5 Å². The molecule has 0 fully saturated rings. The van der Waals surface area contributed by atoms with Gasteiger partial charge in [-0.15, -0.1) is 0 Å². The summed E-state index contributed by atoms with van der Waals surface area (Å²) in [5.74, 6) is -0.511. The molecule has 2 rings (SSSR count). The Bertz CT molecular complexity index is 698. The molecule has 0 saturated heterocycles. The number of carbonyl (C=O) groups is 1. The van der Waals surface area contributed by atoms with Crippen LogP contribution in [0.5, 0.6) is 0 Å². The summed E-state index contributed by atoms with van der Waals surface area (Å²) < 4.78 is 5.54. The highest BCUT2D eigenvalue weighted by molar-refractivity contribution is 5.89. The number of aromatic nitrogens is 2.